The molecular weight excluding hydrogens is 304 g/mol. The Morgan fingerprint density at radius 1 is 1.43 bits per heavy atom. The predicted molar refractivity (Wildman–Crippen MR) is 79.0 cm³/mol. The van der Waals surface area contributed by atoms with Crippen LogP contribution >= 0.6 is 0 Å². The lowest BCUT2D eigenvalue weighted by Crippen LogP contribution is -2.54. The van der Waals surface area contributed by atoms with Crippen LogP contribution in [-0.4, -0.2) is 76.9 Å². The van der Waals surface area contributed by atoms with E-state index in [0.29, 0.717) is 26.2 Å². The SMILES string of the molecule is COC(=O)c1cc(NC(=O)N2CCN3C(=O)NCC3C2)nn1C. The maximum atomic E-state index is 12.3. The van der Waals surface area contributed by atoms with Crippen molar-refractivity contribution in [2.24, 2.45) is 7.05 Å². The van der Waals surface area contributed by atoms with Gasteiger partial charge in [0, 0.05) is 39.3 Å². The molecule has 1 aromatic heterocycles. The summed E-state index contributed by atoms with van der Waals surface area (Å²) in [7, 11) is 2.88. The Hall–Kier alpha value is -2.78. The van der Waals surface area contributed by atoms with E-state index in [2.05, 4.69) is 20.5 Å². The number of nitrogens with one attached hydrogen (secondary N) is 2. The van der Waals surface area contributed by atoms with E-state index in [4.69, 9.17) is 0 Å². The van der Waals surface area contributed by atoms with Crippen molar-refractivity contribution in [3.05, 3.63) is 11.8 Å². The summed E-state index contributed by atoms with van der Waals surface area (Å²) in [5.41, 5.74) is 0.248. The number of esters is 1. The van der Waals surface area contributed by atoms with Crippen molar-refractivity contribution >= 4 is 23.8 Å². The Kier molecular flexibility index (Phi) is 3.80. The summed E-state index contributed by atoms with van der Waals surface area (Å²) < 4.78 is 5.99. The minimum Gasteiger partial charge on any atom is -0.464 e. The molecule has 2 N–H and O–H groups in total. The molecule has 2 fully saturated rings. The van der Waals surface area contributed by atoms with Gasteiger partial charge in [0.25, 0.3) is 0 Å². The van der Waals surface area contributed by atoms with Crippen LogP contribution in [0.25, 0.3) is 0 Å². The van der Waals surface area contributed by atoms with E-state index in [1.54, 1.807) is 16.8 Å². The van der Waals surface area contributed by atoms with E-state index in [1.165, 1.54) is 17.9 Å². The van der Waals surface area contributed by atoms with Gasteiger partial charge in [0.1, 0.15) is 5.69 Å². The van der Waals surface area contributed by atoms with Gasteiger partial charge in [0.05, 0.1) is 13.2 Å². The molecule has 1 atom stereocenters. The normalized spacial score (nSPS) is 20.1. The van der Waals surface area contributed by atoms with Crippen molar-refractivity contribution in [1.29, 1.82) is 0 Å². The molecule has 2 aliphatic rings. The standard InChI is InChI=1S/C13H18N6O4/c1-17-9(11(20)23-2)5-10(16-17)15-13(22)18-3-4-19-8(7-18)6-14-12(19)21/h5,8H,3-4,6-7H2,1-2H3,(H,14,21)(H,15,16,22). The van der Waals surface area contributed by atoms with Gasteiger partial charge >= 0.3 is 18.0 Å². The number of hydrogen-bond donors (Lipinski definition) is 2. The molecule has 0 aromatic carbocycles. The number of carbonyl (C=O) groups is 3. The number of nitrogens with zero attached hydrogens (tertiary/aromatic N) is 4. The molecule has 1 aromatic rings. The fraction of sp³-hybridized carbons (Fsp3) is 0.538. The maximum absolute atomic E-state index is 12.3. The lowest BCUT2D eigenvalue weighted by atomic mass is 10.2. The van der Waals surface area contributed by atoms with E-state index in [-0.39, 0.29) is 29.6 Å². The smallest absolute Gasteiger partial charge is 0.356 e. The molecule has 4 amide bonds. The van der Waals surface area contributed by atoms with Crippen LogP contribution in [0.1, 0.15) is 10.5 Å². The van der Waals surface area contributed by atoms with Gasteiger partial charge in [-0.3, -0.25) is 10.00 Å². The largest absolute Gasteiger partial charge is 0.464 e. The molecule has 3 heterocycles. The number of amides is 4. The van der Waals surface area contributed by atoms with Crippen LogP contribution in [0.15, 0.2) is 6.07 Å². The van der Waals surface area contributed by atoms with Crippen molar-refractivity contribution in [1.82, 2.24) is 24.9 Å². The highest BCUT2D eigenvalue weighted by Crippen LogP contribution is 2.16. The predicted octanol–water partition coefficient (Wildman–Crippen LogP) is -0.552. The summed E-state index contributed by atoms with van der Waals surface area (Å²) in [6.45, 7) is 1.95. The number of urea groups is 2. The minimum atomic E-state index is -0.523. The van der Waals surface area contributed by atoms with E-state index in [9.17, 15) is 14.4 Å². The van der Waals surface area contributed by atoms with Crippen LogP contribution < -0.4 is 10.6 Å². The van der Waals surface area contributed by atoms with E-state index >= 15 is 0 Å². The molecule has 23 heavy (non-hydrogen) atoms. The summed E-state index contributed by atoms with van der Waals surface area (Å²) in [5.74, 6) is -0.245. The number of methoxy groups -OCH3 is 1. The number of rotatable bonds is 2. The molecule has 0 aliphatic carbocycles. The van der Waals surface area contributed by atoms with Crippen molar-refractivity contribution in [3.63, 3.8) is 0 Å². The number of anilines is 1. The first-order valence-electron chi connectivity index (χ1n) is 7.22. The zero-order chi connectivity index (χ0) is 16.6. The van der Waals surface area contributed by atoms with Crippen LogP contribution in [0.5, 0.6) is 0 Å². The first kappa shape index (κ1) is 15.1. The van der Waals surface area contributed by atoms with E-state index in [0.717, 1.165) is 0 Å². The van der Waals surface area contributed by atoms with Gasteiger partial charge in [-0.1, -0.05) is 0 Å². The van der Waals surface area contributed by atoms with E-state index in [1.807, 2.05) is 0 Å². The van der Waals surface area contributed by atoms with Crippen LogP contribution in [0.2, 0.25) is 0 Å². The Balaban J connectivity index is 1.64. The molecule has 10 heteroatoms. The Labute approximate surface area is 132 Å². The monoisotopic (exact) mass is 322 g/mol. The molecule has 10 nitrogen and oxygen atoms in total. The van der Waals surface area contributed by atoms with Crippen LogP contribution in [0.4, 0.5) is 15.4 Å². The quantitative estimate of drug-likeness (QED) is 0.710. The van der Waals surface area contributed by atoms with Gasteiger partial charge < -0.3 is 19.9 Å². The minimum absolute atomic E-state index is 0.00337. The maximum Gasteiger partial charge on any atom is 0.356 e. The molecule has 1 unspecified atom stereocenters. The second kappa shape index (κ2) is 5.78. The van der Waals surface area contributed by atoms with Gasteiger partial charge in [-0.15, -0.1) is 0 Å². The summed E-state index contributed by atoms with van der Waals surface area (Å²) in [5, 5.41) is 9.50. The second-order valence-electron chi connectivity index (χ2n) is 5.44. The zero-order valence-electron chi connectivity index (χ0n) is 12.9. The highest BCUT2D eigenvalue weighted by molar-refractivity contribution is 5.92. The molecule has 0 saturated carbocycles. The van der Waals surface area contributed by atoms with Gasteiger partial charge in [-0.05, 0) is 0 Å². The van der Waals surface area contributed by atoms with Crippen LogP contribution in [-0.2, 0) is 11.8 Å². The highest BCUT2D eigenvalue weighted by atomic mass is 16.5. The molecule has 2 saturated heterocycles. The van der Waals surface area contributed by atoms with Crippen molar-refractivity contribution < 1.29 is 19.1 Å². The molecular formula is C13H18N6O4. The molecule has 0 spiro atoms. The van der Waals surface area contributed by atoms with Crippen LogP contribution in [0.3, 0.4) is 0 Å². The van der Waals surface area contributed by atoms with Crippen LogP contribution in [0, 0.1) is 0 Å². The number of hydrogen-bond acceptors (Lipinski definition) is 5. The zero-order valence-corrected chi connectivity index (χ0v) is 12.9. The number of carbonyl (C=O) groups excluding carboxylic acids is 3. The van der Waals surface area contributed by atoms with Crippen molar-refractivity contribution in [2.75, 3.05) is 38.6 Å². The third-order valence-corrected chi connectivity index (χ3v) is 4.03. The number of piperazine rings is 1. The number of fused-ring (bicyclic) bond motifs is 1. The van der Waals surface area contributed by atoms with Gasteiger partial charge in [0.15, 0.2) is 5.82 Å². The lowest BCUT2D eigenvalue weighted by molar-refractivity contribution is 0.0588. The summed E-state index contributed by atoms with van der Waals surface area (Å²) in [4.78, 5) is 38.8. The lowest BCUT2D eigenvalue weighted by Gasteiger charge is -2.36. The fourth-order valence-corrected chi connectivity index (χ4v) is 2.80. The topological polar surface area (TPSA) is 109 Å². The summed E-state index contributed by atoms with van der Waals surface area (Å²) >= 11 is 0. The second-order valence-corrected chi connectivity index (χ2v) is 5.44. The fourth-order valence-electron chi connectivity index (χ4n) is 2.80. The third kappa shape index (κ3) is 2.79. The van der Waals surface area contributed by atoms with Gasteiger partial charge in [-0.25, -0.2) is 14.4 Å². The average molecular weight is 322 g/mol. The molecule has 0 radical (unpaired) electrons. The number of ether oxygens (including phenoxy) is 1. The Morgan fingerprint density at radius 3 is 2.96 bits per heavy atom. The molecule has 0 bridgehead atoms. The summed E-state index contributed by atoms with van der Waals surface area (Å²) in [6, 6.07) is 1.07. The highest BCUT2D eigenvalue weighted by Gasteiger charge is 2.37. The average Bonchev–Trinajstić information content (AvgIpc) is 3.09. The van der Waals surface area contributed by atoms with Gasteiger partial charge in [0.2, 0.25) is 0 Å². The van der Waals surface area contributed by atoms with Crippen molar-refractivity contribution in [2.45, 2.75) is 6.04 Å². The first-order chi connectivity index (χ1) is 11.0. The third-order valence-electron chi connectivity index (χ3n) is 4.03. The molecule has 3 rings (SSSR count). The first-order valence-corrected chi connectivity index (χ1v) is 7.22. The van der Waals surface area contributed by atoms with E-state index < -0.39 is 5.97 Å². The number of aromatic nitrogens is 2. The Morgan fingerprint density at radius 2 is 2.22 bits per heavy atom. The molecule has 2 aliphatic heterocycles. The summed E-state index contributed by atoms with van der Waals surface area (Å²) in [6.07, 6.45) is 0. The van der Waals surface area contributed by atoms with Gasteiger partial charge in [-0.2, -0.15) is 5.10 Å². The number of aryl methyl sites for hydroxylation is 1. The molecule has 124 valence electrons. The Bertz CT molecular complexity index is 657. The van der Waals surface area contributed by atoms with Crippen molar-refractivity contribution in [3.8, 4) is 0 Å².